The van der Waals surface area contributed by atoms with Gasteiger partial charge in [-0.05, 0) is 50.7 Å². The minimum Gasteiger partial charge on any atom is -0.497 e. The molecular weight excluding hydrogens is 797 g/mol. The number of hydrogen-bond acceptors (Lipinski definition) is 9. The summed E-state index contributed by atoms with van der Waals surface area (Å²) in [5.74, 6) is -5.38. The highest BCUT2D eigenvalue weighted by molar-refractivity contribution is 7.91. The maximum Gasteiger partial charge on any atom is 0.259 e. The number of sulfonamides is 1. The van der Waals surface area contributed by atoms with Crippen LogP contribution in [0.3, 0.4) is 0 Å². The number of allylic oxidation sites excluding steroid dienone is 1. The molecule has 8 rings (SSSR count). The fraction of sp³-hybridized carbons (Fsp3) is 0.523. The predicted octanol–water partition coefficient (Wildman–Crippen LogP) is 5.53. The summed E-state index contributed by atoms with van der Waals surface area (Å²) in [6, 6.07) is 15.6. The third-order valence-electron chi connectivity index (χ3n) is 12.6. The molecule has 3 aromatic rings. The van der Waals surface area contributed by atoms with Gasteiger partial charge in [-0.15, -0.1) is 0 Å². The summed E-state index contributed by atoms with van der Waals surface area (Å²) >= 11 is 0. The minimum atomic E-state index is -3.93. The summed E-state index contributed by atoms with van der Waals surface area (Å²) in [6.45, 7) is -0.249. The van der Waals surface area contributed by atoms with Crippen molar-refractivity contribution in [3.05, 3.63) is 66.7 Å². The topological polar surface area (TPSA) is 164 Å². The van der Waals surface area contributed by atoms with Gasteiger partial charge in [0, 0.05) is 73.7 Å². The lowest BCUT2D eigenvalue weighted by Gasteiger charge is -2.33. The van der Waals surface area contributed by atoms with Crippen molar-refractivity contribution in [2.24, 2.45) is 11.8 Å². The largest absolute Gasteiger partial charge is 0.497 e. The molecule has 4 heterocycles. The van der Waals surface area contributed by atoms with Crippen LogP contribution in [0.2, 0.25) is 0 Å². The number of halogens is 2. The average molecular weight is 848 g/mol. The van der Waals surface area contributed by atoms with Crippen molar-refractivity contribution in [1.29, 1.82) is 0 Å². The number of ether oxygens (including phenoxy) is 2. The Morgan fingerprint density at radius 3 is 2.50 bits per heavy atom. The molecular formula is C44H51F2N5O8S. The Hall–Kier alpha value is -5.12. The first-order valence-corrected chi connectivity index (χ1v) is 22.5. The molecule has 3 aliphatic heterocycles. The van der Waals surface area contributed by atoms with Crippen LogP contribution in [-0.2, 0) is 29.2 Å². The minimum absolute atomic E-state index is 0.0265. The molecule has 60 heavy (non-hydrogen) atoms. The lowest BCUT2D eigenvalue weighted by molar-refractivity contribution is -0.147. The first kappa shape index (κ1) is 41.6. The second-order valence-electron chi connectivity index (χ2n) is 16.9. The second-order valence-corrected chi connectivity index (χ2v) is 18.8. The van der Waals surface area contributed by atoms with E-state index in [2.05, 4.69) is 10.0 Å². The highest BCUT2D eigenvalue weighted by Gasteiger charge is 2.62. The standard InChI is InChI=1S/C44H51F2N5O8S/c1-58-31-14-17-34-36(23-31)47-35(28-10-7-5-8-11-28)25-38(34)59-32-24-37-40(53)48-44(42(55)49-60(56,57)33-15-16-33)26-30(44)13-9-4-2-3-6-12-29(41(54)51(37)27-32)22-39(52)50-20-18-43(45,46)19-21-50/h5,7-11,13-14,17,23,25,29-30,32-33,37H,2-4,6,12,15-16,18-22,24,26-27H2,1H3,(H,48,53)(H,49,55)/b13-9-/t29-,30+,32-,37+,44-/m1/s1. The van der Waals surface area contributed by atoms with Crippen molar-refractivity contribution in [2.75, 3.05) is 26.7 Å². The van der Waals surface area contributed by atoms with Crippen LogP contribution < -0.4 is 19.5 Å². The van der Waals surface area contributed by atoms with Gasteiger partial charge in [0.15, 0.2) is 0 Å². The zero-order valence-corrected chi connectivity index (χ0v) is 34.4. The number of rotatable bonds is 9. The van der Waals surface area contributed by atoms with Crippen molar-refractivity contribution in [1.82, 2.24) is 24.8 Å². The number of hydrogen-bond donors (Lipinski definition) is 2. The van der Waals surface area contributed by atoms with Gasteiger partial charge in [0.2, 0.25) is 27.7 Å². The number of benzene rings is 2. The summed E-state index contributed by atoms with van der Waals surface area (Å²) in [5.41, 5.74) is 0.526. The quantitative estimate of drug-likeness (QED) is 0.264. The molecule has 2 N–H and O–H groups in total. The van der Waals surface area contributed by atoms with Crippen molar-refractivity contribution in [2.45, 2.75) is 106 Å². The first-order valence-electron chi connectivity index (χ1n) is 21.0. The number of carbonyl (C=O) groups is 4. The number of alkyl halides is 2. The van der Waals surface area contributed by atoms with E-state index in [0.29, 0.717) is 60.2 Å². The molecule has 4 amide bonds. The van der Waals surface area contributed by atoms with Crippen LogP contribution in [0.25, 0.3) is 22.2 Å². The molecule has 5 aliphatic rings. The first-order chi connectivity index (χ1) is 28.7. The summed E-state index contributed by atoms with van der Waals surface area (Å²) in [5, 5.41) is 2.91. The van der Waals surface area contributed by atoms with E-state index in [4.69, 9.17) is 14.5 Å². The molecule has 4 fully saturated rings. The van der Waals surface area contributed by atoms with Crippen LogP contribution >= 0.6 is 0 Å². The van der Waals surface area contributed by atoms with E-state index >= 15 is 0 Å². The van der Waals surface area contributed by atoms with Gasteiger partial charge in [0.1, 0.15) is 29.2 Å². The Morgan fingerprint density at radius 2 is 1.77 bits per heavy atom. The maximum absolute atomic E-state index is 14.8. The third kappa shape index (κ3) is 8.98. The Kier molecular flexibility index (Phi) is 11.6. The number of fused-ring (bicyclic) bond motifs is 3. The number of pyridine rings is 1. The zero-order chi connectivity index (χ0) is 42.2. The number of methoxy groups -OCH3 is 1. The zero-order valence-electron chi connectivity index (χ0n) is 33.6. The maximum atomic E-state index is 14.8. The Labute approximate surface area is 348 Å². The van der Waals surface area contributed by atoms with Gasteiger partial charge in [0.25, 0.3) is 11.8 Å². The monoisotopic (exact) mass is 847 g/mol. The molecule has 13 nitrogen and oxygen atoms in total. The van der Waals surface area contributed by atoms with Crippen molar-refractivity contribution < 1.29 is 45.9 Å². The van der Waals surface area contributed by atoms with Crippen LogP contribution in [0.15, 0.2) is 66.7 Å². The molecule has 5 atom stereocenters. The molecule has 16 heteroatoms. The Balaban J connectivity index is 1.12. The number of amides is 4. The molecule has 0 radical (unpaired) electrons. The van der Waals surface area contributed by atoms with Gasteiger partial charge in [-0.25, -0.2) is 22.2 Å². The summed E-state index contributed by atoms with van der Waals surface area (Å²) in [6.07, 6.45) is 6.21. The van der Waals surface area contributed by atoms with Gasteiger partial charge in [0.05, 0.1) is 30.1 Å². The predicted molar refractivity (Wildman–Crippen MR) is 218 cm³/mol. The van der Waals surface area contributed by atoms with Crippen molar-refractivity contribution in [3.63, 3.8) is 0 Å². The fourth-order valence-electron chi connectivity index (χ4n) is 8.74. The van der Waals surface area contributed by atoms with E-state index in [0.717, 1.165) is 18.4 Å². The van der Waals surface area contributed by atoms with Crippen molar-refractivity contribution >= 4 is 44.6 Å². The van der Waals surface area contributed by atoms with E-state index in [1.165, 1.54) is 9.80 Å². The molecule has 2 saturated carbocycles. The number of carbonyl (C=O) groups excluding carboxylic acids is 4. The van der Waals surface area contributed by atoms with Crippen LogP contribution in [0.1, 0.15) is 77.0 Å². The molecule has 2 aliphatic carbocycles. The van der Waals surface area contributed by atoms with E-state index in [9.17, 15) is 36.4 Å². The summed E-state index contributed by atoms with van der Waals surface area (Å²) in [4.78, 5) is 64.6. The molecule has 0 bridgehead atoms. The molecule has 320 valence electrons. The number of aromatic nitrogens is 1. The number of nitrogens with zero attached hydrogens (tertiary/aromatic N) is 3. The fourth-order valence-corrected chi connectivity index (χ4v) is 10.1. The smallest absolute Gasteiger partial charge is 0.259 e. The molecule has 1 aromatic heterocycles. The van der Waals surface area contributed by atoms with Crippen LogP contribution in [0.5, 0.6) is 11.5 Å². The van der Waals surface area contributed by atoms with Gasteiger partial charge in [-0.1, -0.05) is 55.3 Å². The van der Waals surface area contributed by atoms with E-state index in [1.54, 1.807) is 19.2 Å². The van der Waals surface area contributed by atoms with Crippen LogP contribution in [-0.4, -0.2) is 102 Å². The Morgan fingerprint density at radius 1 is 1.00 bits per heavy atom. The molecule has 0 unspecified atom stereocenters. The molecule has 2 saturated heterocycles. The number of likely N-dealkylation sites (tertiary alicyclic amines) is 1. The molecule has 2 aromatic carbocycles. The SMILES string of the molecule is COc1ccc2c(O[C@@H]3C[C@H]4C(=O)N[C@]5(C(=O)NS(=O)(=O)C6CC6)C[C@@H]5/C=C\CCCCC[C@H](CC(=O)N5CCC(F)(F)CC5)C(=O)N4C3)cc(-c3ccccc3)nc2c1. The average Bonchev–Trinajstić information content (AvgIpc) is 4.16. The number of piperidine rings is 1. The van der Waals surface area contributed by atoms with E-state index in [-0.39, 0.29) is 38.9 Å². The summed E-state index contributed by atoms with van der Waals surface area (Å²) < 4.78 is 68.3. The normalized spacial score (nSPS) is 27.7. The highest BCUT2D eigenvalue weighted by Crippen LogP contribution is 2.46. The number of nitrogens with one attached hydrogen (secondary N) is 2. The second kappa shape index (κ2) is 16.7. The van der Waals surface area contributed by atoms with Crippen LogP contribution in [0, 0.1) is 11.8 Å². The summed E-state index contributed by atoms with van der Waals surface area (Å²) in [7, 11) is -2.37. The van der Waals surface area contributed by atoms with E-state index in [1.807, 2.05) is 54.6 Å². The van der Waals surface area contributed by atoms with Gasteiger partial charge in [-0.2, -0.15) is 0 Å². The Bertz CT molecular complexity index is 2280. The van der Waals surface area contributed by atoms with E-state index < -0.39 is 87.2 Å². The van der Waals surface area contributed by atoms with Crippen LogP contribution in [0.4, 0.5) is 8.78 Å². The van der Waals surface area contributed by atoms with Gasteiger partial charge >= 0.3 is 0 Å². The van der Waals surface area contributed by atoms with Gasteiger partial charge in [-0.3, -0.25) is 23.9 Å². The van der Waals surface area contributed by atoms with Gasteiger partial charge < -0.3 is 24.6 Å². The lowest BCUT2D eigenvalue weighted by Crippen LogP contribution is -2.57. The van der Waals surface area contributed by atoms with Crippen molar-refractivity contribution in [3.8, 4) is 22.8 Å². The molecule has 0 spiro atoms. The highest BCUT2D eigenvalue weighted by atomic mass is 32.2. The third-order valence-corrected chi connectivity index (χ3v) is 14.4. The lowest BCUT2D eigenvalue weighted by atomic mass is 9.94.